The summed E-state index contributed by atoms with van der Waals surface area (Å²) < 4.78 is 10.9. The van der Waals surface area contributed by atoms with Crippen molar-refractivity contribution in [3.05, 3.63) is 46.7 Å². The van der Waals surface area contributed by atoms with E-state index in [1.807, 2.05) is 12.1 Å². The minimum Gasteiger partial charge on any atom is -0.493 e. The second-order valence-corrected chi connectivity index (χ2v) is 6.01. The van der Waals surface area contributed by atoms with Crippen LogP contribution in [-0.4, -0.2) is 29.4 Å². The van der Waals surface area contributed by atoms with Crippen molar-refractivity contribution < 1.29 is 14.3 Å². The lowest BCUT2D eigenvalue weighted by Crippen LogP contribution is -2.21. The van der Waals surface area contributed by atoms with Crippen LogP contribution in [0.1, 0.15) is 36.4 Å². The standard InChI is InChI=1S/C17H19ClN2O3/c18-12-4-1-5-13(10-12)22-8-3-9-23-17(21)14-6-2-7-16-15(14)11-19-20-16/h1,4-5,10-11,14H,2-3,6-9H2,(H,19,20). The molecule has 0 bridgehead atoms. The van der Waals surface area contributed by atoms with Crippen molar-refractivity contribution in [1.82, 2.24) is 10.2 Å². The Labute approximate surface area is 139 Å². The van der Waals surface area contributed by atoms with Gasteiger partial charge in [0.15, 0.2) is 0 Å². The van der Waals surface area contributed by atoms with Crippen molar-refractivity contribution in [2.75, 3.05) is 13.2 Å². The number of benzene rings is 1. The molecular formula is C17H19ClN2O3. The zero-order valence-corrected chi connectivity index (χ0v) is 13.5. The van der Waals surface area contributed by atoms with Gasteiger partial charge in [-0.25, -0.2) is 0 Å². The quantitative estimate of drug-likeness (QED) is 0.648. The summed E-state index contributed by atoms with van der Waals surface area (Å²) >= 11 is 5.89. The molecular weight excluding hydrogens is 316 g/mol. The monoisotopic (exact) mass is 334 g/mol. The van der Waals surface area contributed by atoms with E-state index >= 15 is 0 Å². The van der Waals surface area contributed by atoms with Crippen molar-refractivity contribution >= 4 is 17.6 Å². The Morgan fingerprint density at radius 3 is 3.17 bits per heavy atom. The molecule has 1 aliphatic carbocycles. The molecule has 23 heavy (non-hydrogen) atoms. The van der Waals surface area contributed by atoms with Crippen LogP contribution >= 0.6 is 11.6 Å². The number of nitrogens with one attached hydrogen (secondary N) is 1. The number of aryl methyl sites for hydroxylation is 1. The van der Waals surface area contributed by atoms with Gasteiger partial charge in [-0.3, -0.25) is 9.89 Å². The first-order valence-corrected chi connectivity index (χ1v) is 8.19. The number of nitrogens with zero attached hydrogens (tertiary/aromatic N) is 1. The molecule has 5 nitrogen and oxygen atoms in total. The fourth-order valence-corrected chi connectivity index (χ4v) is 2.97. The molecule has 122 valence electrons. The molecule has 1 aliphatic rings. The summed E-state index contributed by atoms with van der Waals surface area (Å²) in [6.45, 7) is 0.832. The van der Waals surface area contributed by atoms with E-state index in [1.54, 1.807) is 18.3 Å². The minimum atomic E-state index is -0.189. The second-order valence-electron chi connectivity index (χ2n) is 5.58. The molecule has 3 rings (SSSR count). The Bertz CT molecular complexity index is 671. The fourth-order valence-electron chi connectivity index (χ4n) is 2.79. The zero-order chi connectivity index (χ0) is 16.1. The molecule has 1 aromatic carbocycles. The van der Waals surface area contributed by atoms with Crippen molar-refractivity contribution in [2.24, 2.45) is 0 Å². The zero-order valence-electron chi connectivity index (χ0n) is 12.8. The van der Waals surface area contributed by atoms with Crippen LogP contribution in [0.5, 0.6) is 5.75 Å². The highest BCUT2D eigenvalue weighted by atomic mass is 35.5. The predicted octanol–water partition coefficient (Wildman–Crippen LogP) is 3.50. The number of aromatic amines is 1. The van der Waals surface area contributed by atoms with E-state index in [1.165, 1.54) is 0 Å². The van der Waals surface area contributed by atoms with Crippen molar-refractivity contribution in [1.29, 1.82) is 0 Å². The molecule has 0 fully saturated rings. The van der Waals surface area contributed by atoms with Crippen LogP contribution in [0.25, 0.3) is 0 Å². The third kappa shape index (κ3) is 4.05. The molecule has 0 amide bonds. The molecule has 2 aromatic rings. The highest BCUT2D eigenvalue weighted by Crippen LogP contribution is 2.31. The summed E-state index contributed by atoms with van der Waals surface area (Å²) in [5.41, 5.74) is 2.04. The average molecular weight is 335 g/mol. The summed E-state index contributed by atoms with van der Waals surface area (Å²) in [5, 5.41) is 7.62. The molecule has 1 heterocycles. The minimum absolute atomic E-state index is 0.171. The molecule has 0 saturated heterocycles. The Kier molecular flexibility index (Phi) is 5.18. The summed E-state index contributed by atoms with van der Waals surface area (Å²) in [5.74, 6) is 0.362. The van der Waals surface area contributed by atoms with Crippen LogP contribution < -0.4 is 4.74 Å². The maximum Gasteiger partial charge on any atom is 0.313 e. The summed E-state index contributed by atoms with van der Waals surface area (Å²) in [6, 6.07) is 7.24. The van der Waals surface area contributed by atoms with E-state index < -0.39 is 0 Å². The molecule has 0 aliphatic heterocycles. The van der Waals surface area contributed by atoms with E-state index in [4.69, 9.17) is 21.1 Å². The molecule has 6 heteroatoms. The highest BCUT2D eigenvalue weighted by Gasteiger charge is 2.28. The lowest BCUT2D eigenvalue weighted by Gasteiger charge is -2.20. The number of carbonyl (C=O) groups excluding carboxylic acids is 1. The van der Waals surface area contributed by atoms with Gasteiger partial charge in [0.05, 0.1) is 25.3 Å². The first-order valence-electron chi connectivity index (χ1n) is 7.81. The first-order chi connectivity index (χ1) is 11.2. The lowest BCUT2D eigenvalue weighted by atomic mass is 9.87. The molecule has 0 spiro atoms. The highest BCUT2D eigenvalue weighted by molar-refractivity contribution is 6.30. The number of esters is 1. The normalized spacial score (nSPS) is 16.7. The van der Waals surface area contributed by atoms with Gasteiger partial charge in [-0.1, -0.05) is 17.7 Å². The SMILES string of the molecule is O=C(OCCCOc1cccc(Cl)c1)C1CCCc2[nH]ncc21. The van der Waals surface area contributed by atoms with E-state index in [0.717, 1.165) is 36.3 Å². The molecule has 1 unspecified atom stereocenters. The third-order valence-corrected chi connectivity index (χ3v) is 4.16. The Balaban J connectivity index is 1.40. The van der Waals surface area contributed by atoms with Gasteiger partial charge in [0.25, 0.3) is 0 Å². The number of rotatable bonds is 6. The van der Waals surface area contributed by atoms with Crippen LogP contribution in [-0.2, 0) is 16.0 Å². The van der Waals surface area contributed by atoms with E-state index in [0.29, 0.717) is 24.7 Å². The van der Waals surface area contributed by atoms with Gasteiger partial charge < -0.3 is 9.47 Å². The molecule has 0 radical (unpaired) electrons. The first kappa shape index (κ1) is 15.9. The number of H-pyrrole nitrogens is 1. The van der Waals surface area contributed by atoms with Gasteiger partial charge in [0.2, 0.25) is 0 Å². The summed E-state index contributed by atoms with van der Waals surface area (Å²) in [6.07, 6.45) is 5.13. The second kappa shape index (κ2) is 7.51. The largest absolute Gasteiger partial charge is 0.493 e. The number of carbonyl (C=O) groups is 1. The third-order valence-electron chi connectivity index (χ3n) is 3.93. The summed E-state index contributed by atoms with van der Waals surface area (Å²) in [7, 11) is 0. The number of hydrogen-bond donors (Lipinski definition) is 1. The fraction of sp³-hybridized carbons (Fsp3) is 0.412. The molecule has 1 atom stereocenters. The average Bonchev–Trinajstić information content (AvgIpc) is 3.03. The van der Waals surface area contributed by atoms with Gasteiger partial charge in [0, 0.05) is 22.7 Å². The van der Waals surface area contributed by atoms with Gasteiger partial charge >= 0.3 is 5.97 Å². The van der Waals surface area contributed by atoms with Crippen LogP contribution in [0.3, 0.4) is 0 Å². The van der Waals surface area contributed by atoms with Gasteiger partial charge in [-0.15, -0.1) is 0 Å². The van der Waals surface area contributed by atoms with Crippen molar-refractivity contribution in [2.45, 2.75) is 31.6 Å². The maximum atomic E-state index is 12.2. The Hall–Kier alpha value is -2.01. The number of fused-ring (bicyclic) bond motifs is 1. The van der Waals surface area contributed by atoms with Crippen molar-refractivity contribution in [3.63, 3.8) is 0 Å². The van der Waals surface area contributed by atoms with Crippen LogP contribution in [0, 0.1) is 0 Å². The van der Waals surface area contributed by atoms with E-state index in [-0.39, 0.29) is 11.9 Å². The van der Waals surface area contributed by atoms with Crippen LogP contribution in [0.15, 0.2) is 30.5 Å². The van der Waals surface area contributed by atoms with Crippen molar-refractivity contribution in [3.8, 4) is 5.75 Å². The number of hydrogen-bond acceptors (Lipinski definition) is 4. The predicted molar refractivity (Wildman–Crippen MR) is 86.8 cm³/mol. The Morgan fingerprint density at radius 2 is 2.30 bits per heavy atom. The molecule has 1 N–H and O–H groups in total. The number of aromatic nitrogens is 2. The Morgan fingerprint density at radius 1 is 1.39 bits per heavy atom. The molecule has 0 saturated carbocycles. The van der Waals surface area contributed by atoms with Gasteiger partial charge in [-0.2, -0.15) is 5.10 Å². The number of halogens is 1. The lowest BCUT2D eigenvalue weighted by molar-refractivity contribution is -0.146. The van der Waals surface area contributed by atoms with Crippen LogP contribution in [0.2, 0.25) is 5.02 Å². The topological polar surface area (TPSA) is 64.2 Å². The van der Waals surface area contributed by atoms with Gasteiger partial charge in [0.1, 0.15) is 5.75 Å². The maximum absolute atomic E-state index is 12.2. The van der Waals surface area contributed by atoms with Crippen LogP contribution in [0.4, 0.5) is 0 Å². The molecule has 1 aromatic heterocycles. The van der Waals surface area contributed by atoms with Gasteiger partial charge in [-0.05, 0) is 37.5 Å². The van der Waals surface area contributed by atoms with E-state index in [2.05, 4.69) is 10.2 Å². The smallest absolute Gasteiger partial charge is 0.313 e. The van der Waals surface area contributed by atoms with E-state index in [9.17, 15) is 4.79 Å². The summed E-state index contributed by atoms with van der Waals surface area (Å²) in [4.78, 5) is 12.2. The number of ether oxygens (including phenoxy) is 2.